The number of aryl methyl sites for hydroxylation is 3. The van der Waals surface area contributed by atoms with Crippen LogP contribution in [0, 0.1) is 13.8 Å². The van der Waals surface area contributed by atoms with Gasteiger partial charge in [-0.15, -0.1) is 0 Å². The molecule has 0 aliphatic heterocycles. The second kappa shape index (κ2) is 7.53. The maximum atomic E-state index is 12.2. The average molecular weight is 358 g/mol. The fourth-order valence-electron chi connectivity index (χ4n) is 2.46. The highest BCUT2D eigenvalue weighted by molar-refractivity contribution is 6.31. The molecule has 25 heavy (non-hydrogen) atoms. The molecule has 3 aromatic rings. The van der Waals surface area contributed by atoms with Crippen LogP contribution in [0.4, 0.5) is 0 Å². The normalized spacial score (nSPS) is 10.8. The van der Waals surface area contributed by atoms with Gasteiger partial charge in [0, 0.05) is 24.8 Å². The van der Waals surface area contributed by atoms with E-state index >= 15 is 0 Å². The van der Waals surface area contributed by atoms with E-state index in [1.165, 1.54) is 5.56 Å². The average Bonchev–Trinajstić information content (AvgIpc) is 3.20. The van der Waals surface area contributed by atoms with Crippen molar-refractivity contribution in [2.45, 2.75) is 26.8 Å². The van der Waals surface area contributed by atoms with Gasteiger partial charge in [-0.3, -0.25) is 14.6 Å². The molecule has 0 aliphatic carbocycles. The number of aromatic nitrogens is 4. The van der Waals surface area contributed by atoms with Gasteiger partial charge in [0.05, 0.1) is 16.4 Å². The number of rotatable bonds is 6. The number of hydrogen-bond donors (Lipinski definition) is 2. The highest BCUT2D eigenvalue weighted by atomic mass is 35.5. The topological polar surface area (TPSA) is 75.6 Å². The van der Waals surface area contributed by atoms with E-state index in [0.717, 1.165) is 23.4 Å². The SMILES string of the molecule is Cc1ccc(-c2cc(C(=O)NCCCn3cc(Cl)c(C)n3)[nH]n2)cc1. The van der Waals surface area contributed by atoms with Crippen molar-refractivity contribution in [2.24, 2.45) is 0 Å². The summed E-state index contributed by atoms with van der Waals surface area (Å²) in [6.07, 6.45) is 2.56. The lowest BCUT2D eigenvalue weighted by Crippen LogP contribution is -2.25. The quantitative estimate of drug-likeness (QED) is 0.664. The molecule has 0 fully saturated rings. The minimum absolute atomic E-state index is 0.166. The number of amides is 1. The third kappa shape index (κ3) is 4.28. The van der Waals surface area contributed by atoms with Crippen LogP contribution >= 0.6 is 11.6 Å². The fourth-order valence-corrected chi connectivity index (χ4v) is 2.61. The van der Waals surface area contributed by atoms with Gasteiger partial charge in [-0.1, -0.05) is 41.4 Å². The first kappa shape index (κ1) is 17.2. The van der Waals surface area contributed by atoms with E-state index in [1.54, 1.807) is 16.9 Å². The Morgan fingerprint density at radius 2 is 2.04 bits per heavy atom. The van der Waals surface area contributed by atoms with Crippen LogP contribution in [0.2, 0.25) is 5.02 Å². The lowest BCUT2D eigenvalue weighted by atomic mass is 10.1. The van der Waals surface area contributed by atoms with Crippen LogP contribution in [0.15, 0.2) is 36.5 Å². The first-order valence-electron chi connectivity index (χ1n) is 8.13. The second-order valence-electron chi connectivity index (χ2n) is 5.97. The van der Waals surface area contributed by atoms with E-state index in [2.05, 4.69) is 20.6 Å². The number of carbonyl (C=O) groups is 1. The van der Waals surface area contributed by atoms with E-state index < -0.39 is 0 Å². The number of hydrogen-bond acceptors (Lipinski definition) is 3. The Balaban J connectivity index is 1.51. The van der Waals surface area contributed by atoms with Crippen LogP contribution in [0.3, 0.4) is 0 Å². The summed E-state index contributed by atoms with van der Waals surface area (Å²) in [7, 11) is 0. The Hall–Kier alpha value is -2.60. The number of nitrogens with one attached hydrogen (secondary N) is 2. The molecule has 7 heteroatoms. The van der Waals surface area contributed by atoms with Crippen LogP contribution in [0.25, 0.3) is 11.3 Å². The minimum atomic E-state index is -0.166. The zero-order valence-corrected chi connectivity index (χ0v) is 15.0. The predicted octanol–water partition coefficient (Wildman–Crippen LogP) is 3.36. The molecule has 0 bridgehead atoms. The van der Waals surface area contributed by atoms with E-state index in [4.69, 9.17) is 11.6 Å². The zero-order chi connectivity index (χ0) is 17.8. The summed E-state index contributed by atoms with van der Waals surface area (Å²) < 4.78 is 1.79. The van der Waals surface area contributed by atoms with Crippen LogP contribution < -0.4 is 5.32 Å². The van der Waals surface area contributed by atoms with Gasteiger partial charge in [-0.25, -0.2) is 0 Å². The van der Waals surface area contributed by atoms with Crippen molar-refractivity contribution in [2.75, 3.05) is 6.54 Å². The Morgan fingerprint density at radius 3 is 2.72 bits per heavy atom. The van der Waals surface area contributed by atoms with Crippen molar-refractivity contribution in [3.63, 3.8) is 0 Å². The van der Waals surface area contributed by atoms with Crippen molar-refractivity contribution < 1.29 is 4.79 Å². The highest BCUT2D eigenvalue weighted by Crippen LogP contribution is 2.18. The molecular weight excluding hydrogens is 338 g/mol. The minimum Gasteiger partial charge on any atom is -0.351 e. The van der Waals surface area contributed by atoms with Crippen LogP contribution in [-0.4, -0.2) is 32.4 Å². The fraction of sp³-hybridized carbons (Fsp3) is 0.278. The molecule has 2 N–H and O–H groups in total. The number of benzene rings is 1. The smallest absolute Gasteiger partial charge is 0.269 e. The first-order chi connectivity index (χ1) is 12.0. The van der Waals surface area contributed by atoms with Crippen LogP contribution in [0.5, 0.6) is 0 Å². The van der Waals surface area contributed by atoms with Gasteiger partial charge in [0.1, 0.15) is 5.69 Å². The predicted molar refractivity (Wildman–Crippen MR) is 97.7 cm³/mol. The monoisotopic (exact) mass is 357 g/mol. The summed E-state index contributed by atoms with van der Waals surface area (Å²) in [6, 6.07) is 9.78. The van der Waals surface area contributed by atoms with Gasteiger partial charge < -0.3 is 5.32 Å². The molecule has 130 valence electrons. The van der Waals surface area contributed by atoms with Gasteiger partial charge in [-0.05, 0) is 26.3 Å². The van der Waals surface area contributed by atoms with E-state index in [-0.39, 0.29) is 5.91 Å². The lowest BCUT2D eigenvalue weighted by Gasteiger charge is -2.03. The summed E-state index contributed by atoms with van der Waals surface area (Å²) in [6.45, 7) is 5.15. The molecule has 2 heterocycles. The number of halogens is 1. The van der Waals surface area contributed by atoms with Crippen molar-refractivity contribution in [3.05, 3.63) is 58.5 Å². The summed E-state index contributed by atoms with van der Waals surface area (Å²) in [5.41, 5.74) is 4.19. The molecule has 0 saturated carbocycles. The number of nitrogens with zero attached hydrogens (tertiary/aromatic N) is 3. The number of H-pyrrole nitrogens is 1. The second-order valence-corrected chi connectivity index (χ2v) is 6.38. The van der Waals surface area contributed by atoms with Crippen LogP contribution in [0.1, 0.15) is 28.2 Å². The summed E-state index contributed by atoms with van der Waals surface area (Å²) in [4.78, 5) is 12.2. The highest BCUT2D eigenvalue weighted by Gasteiger charge is 2.10. The molecule has 1 amide bonds. The zero-order valence-electron chi connectivity index (χ0n) is 14.2. The molecule has 0 aliphatic rings. The Labute approximate surface area is 151 Å². The number of aromatic amines is 1. The molecule has 2 aromatic heterocycles. The van der Waals surface area contributed by atoms with E-state index in [9.17, 15) is 4.79 Å². The molecule has 0 saturated heterocycles. The maximum Gasteiger partial charge on any atom is 0.269 e. The molecule has 6 nitrogen and oxygen atoms in total. The number of carbonyl (C=O) groups excluding carboxylic acids is 1. The summed E-state index contributed by atoms with van der Waals surface area (Å²) >= 11 is 5.97. The molecule has 0 spiro atoms. The third-order valence-electron chi connectivity index (χ3n) is 3.91. The van der Waals surface area contributed by atoms with Crippen molar-refractivity contribution in [1.82, 2.24) is 25.3 Å². The maximum absolute atomic E-state index is 12.2. The Bertz CT molecular complexity index is 846. The molecule has 3 rings (SSSR count). The molecule has 0 unspecified atom stereocenters. The van der Waals surface area contributed by atoms with Gasteiger partial charge in [0.15, 0.2) is 0 Å². The Morgan fingerprint density at radius 1 is 1.28 bits per heavy atom. The van der Waals surface area contributed by atoms with Gasteiger partial charge in [0.25, 0.3) is 5.91 Å². The van der Waals surface area contributed by atoms with Crippen molar-refractivity contribution in [1.29, 1.82) is 0 Å². The van der Waals surface area contributed by atoms with Gasteiger partial charge in [-0.2, -0.15) is 10.2 Å². The lowest BCUT2D eigenvalue weighted by molar-refractivity contribution is 0.0947. The van der Waals surface area contributed by atoms with Crippen molar-refractivity contribution >= 4 is 17.5 Å². The van der Waals surface area contributed by atoms with E-state index in [0.29, 0.717) is 23.8 Å². The standard InChI is InChI=1S/C18H20ClN5O/c1-12-4-6-14(7-5-12)16-10-17(22-21-16)18(25)20-8-3-9-24-11-15(19)13(2)23-24/h4-7,10-11H,3,8-9H2,1-2H3,(H,20,25)(H,21,22). The van der Waals surface area contributed by atoms with Crippen molar-refractivity contribution in [3.8, 4) is 11.3 Å². The van der Waals surface area contributed by atoms with Gasteiger partial charge in [0.2, 0.25) is 0 Å². The van der Waals surface area contributed by atoms with Crippen LogP contribution in [-0.2, 0) is 6.54 Å². The summed E-state index contributed by atoms with van der Waals surface area (Å²) in [5.74, 6) is -0.166. The largest absolute Gasteiger partial charge is 0.351 e. The molecule has 0 atom stereocenters. The molecule has 1 aromatic carbocycles. The summed E-state index contributed by atoms with van der Waals surface area (Å²) in [5, 5.41) is 14.8. The third-order valence-corrected chi connectivity index (χ3v) is 4.28. The molecular formula is C18H20ClN5O. The first-order valence-corrected chi connectivity index (χ1v) is 8.51. The Kier molecular flexibility index (Phi) is 5.19. The van der Waals surface area contributed by atoms with Gasteiger partial charge >= 0.3 is 0 Å². The molecule has 0 radical (unpaired) electrons. The van der Waals surface area contributed by atoms with E-state index in [1.807, 2.05) is 38.1 Å².